The maximum absolute atomic E-state index is 12.7. The van der Waals surface area contributed by atoms with Crippen LogP contribution in [0, 0.1) is 0 Å². The van der Waals surface area contributed by atoms with Gasteiger partial charge in [0.15, 0.2) is 5.76 Å². The van der Waals surface area contributed by atoms with E-state index in [1.807, 2.05) is 25.1 Å². The van der Waals surface area contributed by atoms with Gasteiger partial charge in [-0.05, 0) is 55.2 Å². The second-order valence-electron chi connectivity index (χ2n) is 7.24. The Labute approximate surface area is 164 Å². The number of amides is 1. The molecule has 0 radical (unpaired) electrons. The van der Waals surface area contributed by atoms with Gasteiger partial charge in [0, 0.05) is 19.5 Å². The van der Waals surface area contributed by atoms with Gasteiger partial charge >= 0.3 is 0 Å². The van der Waals surface area contributed by atoms with Crippen LogP contribution in [0.3, 0.4) is 0 Å². The molecule has 7 nitrogen and oxygen atoms in total. The molecule has 1 saturated heterocycles. The van der Waals surface area contributed by atoms with E-state index in [9.17, 15) is 13.2 Å². The SMILES string of the molecule is CC(NC(=O)c1ccc(S(=O)(=O)N2CCCCC2)o1)c1ccc2c(c1)CCO2. The number of furan rings is 1. The number of ether oxygens (including phenoxy) is 1. The number of sulfonamides is 1. The molecule has 2 aliphatic rings. The van der Waals surface area contributed by atoms with Gasteiger partial charge in [0.25, 0.3) is 15.9 Å². The highest BCUT2D eigenvalue weighted by atomic mass is 32.2. The van der Waals surface area contributed by atoms with Crippen molar-refractivity contribution in [2.45, 2.75) is 43.7 Å². The van der Waals surface area contributed by atoms with E-state index >= 15 is 0 Å². The van der Waals surface area contributed by atoms with Crippen molar-refractivity contribution in [1.82, 2.24) is 9.62 Å². The molecule has 1 amide bonds. The van der Waals surface area contributed by atoms with Crippen LogP contribution in [0.25, 0.3) is 0 Å². The fourth-order valence-electron chi connectivity index (χ4n) is 3.64. The zero-order chi connectivity index (χ0) is 19.7. The van der Waals surface area contributed by atoms with E-state index in [-0.39, 0.29) is 16.9 Å². The molecule has 4 rings (SSSR count). The van der Waals surface area contributed by atoms with Gasteiger partial charge in [-0.1, -0.05) is 12.5 Å². The Hall–Kier alpha value is -2.32. The molecule has 8 heteroatoms. The zero-order valence-corrected chi connectivity index (χ0v) is 16.6. The van der Waals surface area contributed by atoms with Crippen LogP contribution in [0.1, 0.15) is 53.9 Å². The first-order valence-corrected chi connectivity index (χ1v) is 11.1. The highest BCUT2D eigenvalue weighted by Crippen LogP contribution is 2.28. The second kappa shape index (κ2) is 7.60. The molecule has 2 aliphatic heterocycles. The minimum absolute atomic E-state index is 0.00747. The van der Waals surface area contributed by atoms with Crippen LogP contribution < -0.4 is 10.1 Å². The fourth-order valence-corrected chi connectivity index (χ4v) is 5.07. The lowest BCUT2D eigenvalue weighted by Gasteiger charge is -2.24. The van der Waals surface area contributed by atoms with E-state index in [1.54, 1.807) is 0 Å². The van der Waals surface area contributed by atoms with Gasteiger partial charge in [0.2, 0.25) is 5.09 Å². The minimum Gasteiger partial charge on any atom is -0.493 e. The molecule has 1 N–H and O–H groups in total. The van der Waals surface area contributed by atoms with Crippen molar-refractivity contribution in [3.63, 3.8) is 0 Å². The smallest absolute Gasteiger partial charge is 0.287 e. The molecule has 1 fully saturated rings. The van der Waals surface area contributed by atoms with Crippen LogP contribution in [0.5, 0.6) is 5.75 Å². The third kappa shape index (κ3) is 3.66. The molecular formula is C20H24N2O5S. The van der Waals surface area contributed by atoms with Gasteiger partial charge in [-0.15, -0.1) is 0 Å². The third-order valence-corrected chi connectivity index (χ3v) is 7.05. The topological polar surface area (TPSA) is 88.9 Å². The minimum atomic E-state index is -3.69. The van der Waals surface area contributed by atoms with Crippen molar-refractivity contribution < 1.29 is 22.4 Å². The summed E-state index contributed by atoms with van der Waals surface area (Å²) >= 11 is 0. The molecule has 0 bridgehead atoms. The number of benzene rings is 1. The van der Waals surface area contributed by atoms with E-state index < -0.39 is 15.9 Å². The Morgan fingerprint density at radius 2 is 1.93 bits per heavy atom. The highest BCUT2D eigenvalue weighted by Gasteiger charge is 2.30. The van der Waals surface area contributed by atoms with Crippen molar-refractivity contribution in [2.75, 3.05) is 19.7 Å². The zero-order valence-electron chi connectivity index (χ0n) is 15.8. The average molecular weight is 404 g/mol. The number of nitrogens with one attached hydrogen (secondary N) is 1. The molecule has 1 atom stereocenters. The molecule has 0 spiro atoms. The first kappa shape index (κ1) is 19.0. The van der Waals surface area contributed by atoms with E-state index in [0.29, 0.717) is 19.7 Å². The van der Waals surface area contributed by atoms with Crippen LogP contribution in [-0.4, -0.2) is 38.3 Å². The summed E-state index contributed by atoms with van der Waals surface area (Å²) in [6.07, 6.45) is 3.58. The van der Waals surface area contributed by atoms with Gasteiger partial charge < -0.3 is 14.5 Å². The summed E-state index contributed by atoms with van der Waals surface area (Å²) in [7, 11) is -3.69. The number of piperidine rings is 1. The van der Waals surface area contributed by atoms with Crippen LogP contribution in [-0.2, 0) is 16.4 Å². The summed E-state index contributed by atoms with van der Waals surface area (Å²) in [4.78, 5) is 12.5. The van der Waals surface area contributed by atoms with E-state index in [4.69, 9.17) is 9.15 Å². The van der Waals surface area contributed by atoms with Gasteiger partial charge in [0.05, 0.1) is 12.6 Å². The van der Waals surface area contributed by atoms with Gasteiger partial charge in [-0.25, -0.2) is 8.42 Å². The number of fused-ring (bicyclic) bond motifs is 1. The maximum Gasteiger partial charge on any atom is 0.287 e. The molecule has 1 unspecified atom stereocenters. The van der Waals surface area contributed by atoms with Crippen LogP contribution in [0.4, 0.5) is 0 Å². The normalized spacial score (nSPS) is 18.3. The average Bonchev–Trinajstić information content (AvgIpc) is 3.38. The summed E-state index contributed by atoms with van der Waals surface area (Å²) in [5.74, 6) is 0.442. The Bertz CT molecular complexity index is 976. The summed E-state index contributed by atoms with van der Waals surface area (Å²) in [5.41, 5.74) is 2.09. The monoisotopic (exact) mass is 404 g/mol. The molecule has 28 heavy (non-hydrogen) atoms. The van der Waals surface area contributed by atoms with Gasteiger partial charge in [-0.3, -0.25) is 4.79 Å². The van der Waals surface area contributed by atoms with Crippen molar-refractivity contribution in [1.29, 1.82) is 0 Å². The number of nitrogens with zero attached hydrogens (tertiary/aromatic N) is 1. The molecule has 3 heterocycles. The number of carbonyl (C=O) groups excluding carboxylic acids is 1. The quantitative estimate of drug-likeness (QED) is 0.828. The van der Waals surface area contributed by atoms with Gasteiger partial charge in [0.1, 0.15) is 5.75 Å². The molecule has 0 aliphatic carbocycles. The second-order valence-corrected chi connectivity index (χ2v) is 9.11. The fraction of sp³-hybridized carbons (Fsp3) is 0.450. The molecule has 0 saturated carbocycles. The lowest BCUT2D eigenvalue weighted by atomic mass is 10.0. The predicted octanol–water partition coefficient (Wildman–Crippen LogP) is 2.88. The number of hydrogen-bond acceptors (Lipinski definition) is 5. The van der Waals surface area contributed by atoms with Crippen LogP contribution in [0.15, 0.2) is 39.8 Å². The largest absolute Gasteiger partial charge is 0.493 e. The van der Waals surface area contributed by atoms with E-state index in [0.717, 1.165) is 42.6 Å². The summed E-state index contributed by atoms with van der Waals surface area (Å²) < 4.78 is 37.7. The summed E-state index contributed by atoms with van der Waals surface area (Å²) in [6, 6.07) is 8.39. The molecule has 1 aromatic heterocycles. The van der Waals surface area contributed by atoms with Crippen molar-refractivity contribution >= 4 is 15.9 Å². The Kier molecular flexibility index (Phi) is 5.16. The molecule has 2 aromatic rings. The Morgan fingerprint density at radius 3 is 2.71 bits per heavy atom. The van der Waals surface area contributed by atoms with E-state index in [1.165, 1.54) is 16.4 Å². The molecule has 150 valence electrons. The maximum atomic E-state index is 12.7. The lowest BCUT2D eigenvalue weighted by molar-refractivity contribution is 0.0906. The number of rotatable bonds is 5. The van der Waals surface area contributed by atoms with Crippen LogP contribution in [0.2, 0.25) is 0 Å². The first-order chi connectivity index (χ1) is 13.4. The number of hydrogen-bond donors (Lipinski definition) is 1. The lowest BCUT2D eigenvalue weighted by Crippen LogP contribution is -2.35. The van der Waals surface area contributed by atoms with Gasteiger partial charge in [-0.2, -0.15) is 4.31 Å². The highest BCUT2D eigenvalue weighted by molar-refractivity contribution is 7.89. The van der Waals surface area contributed by atoms with Crippen molar-refractivity contribution in [2.24, 2.45) is 0 Å². The molecule has 1 aromatic carbocycles. The standard InChI is InChI=1S/C20H24N2O5S/c1-14(15-5-6-17-16(13-15)9-12-26-17)21-20(23)18-7-8-19(27-18)28(24,25)22-10-3-2-4-11-22/h5-8,13-14H,2-4,9-12H2,1H3,(H,21,23). The number of carbonyl (C=O) groups is 1. The summed E-state index contributed by atoms with van der Waals surface area (Å²) in [6.45, 7) is 3.54. The first-order valence-electron chi connectivity index (χ1n) is 9.61. The Morgan fingerprint density at radius 1 is 1.14 bits per heavy atom. The predicted molar refractivity (Wildman–Crippen MR) is 103 cm³/mol. The summed E-state index contributed by atoms with van der Waals surface area (Å²) in [5, 5.41) is 2.69. The van der Waals surface area contributed by atoms with Crippen LogP contribution >= 0.6 is 0 Å². The molecular weight excluding hydrogens is 380 g/mol. The Balaban J connectivity index is 1.45. The van der Waals surface area contributed by atoms with E-state index in [2.05, 4.69) is 5.32 Å². The van der Waals surface area contributed by atoms with Crippen molar-refractivity contribution in [3.05, 3.63) is 47.2 Å². The third-order valence-electron chi connectivity index (χ3n) is 5.28. The van der Waals surface area contributed by atoms with Crippen molar-refractivity contribution in [3.8, 4) is 5.75 Å².